The Bertz CT molecular complexity index is 846. The summed E-state index contributed by atoms with van der Waals surface area (Å²) < 4.78 is 5.10. The summed E-state index contributed by atoms with van der Waals surface area (Å²) in [5.74, 6) is 4.00. The number of rotatable bonds is 0. The molecule has 0 N–H and O–H groups in total. The summed E-state index contributed by atoms with van der Waals surface area (Å²) >= 11 is 0. The van der Waals surface area contributed by atoms with E-state index < -0.39 is 0 Å². The third kappa shape index (κ3) is 46.5. The molecule has 1 saturated heterocycles. The Hall–Kier alpha value is -1.64. The number of likely N-dealkylation sites (N-methyl/N-ethyl adjacent to an activating group) is 1. The summed E-state index contributed by atoms with van der Waals surface area (Å²) in [6.45, 7) is 32.5. The minimum absolute atomic E-state index is 0.500. The molecular weight excluding hydrogens is 583 g/mol. The lowest BCUT2D eigenvalue weighted by molar-refractivity contribution is 0.0503. The highest BCUT2D eigenvalue weighted by atomic mass is 16.5. The molecule has 3 saturated carbocycles. The minimum Gasteiger partial charge on any atom is -0.379 e. The maximum absolute atomic E-state index is 5.10. The Labute approximate surface area is 303 Å². The molecule has 2 nitrogen and oxygen atoms in total. The minimum atomic E-state index is 0.500. The van der Waals surface area contributed by atoms with Crippen LogP contribution < -0.4 is 0 Å². The van der Waals surface area contributed by atoms with Crippen LogP contribution in [0.15, 0.2) is 54.6 Å². The first-order valence-electron chi connectivity index (χ1n) is 19.8. The van der Waals surface area contributed by atoms with Gasteiger partial charge in [0.1, 0.15) is 0 Å². The number of nitrogens with zero attached hydrogens (tertiary/aromatic N) is 1. The van der Waals surface area contributed by atoms with Crippen LogP contribution in [-0.4, -0.2) is 38.3 Å². The molecule has 2 aromatic carbocycles. The van der Waals surface area contributed by atoms with Crippen molar-refractivity contribution in [2.45, 2.75) is 161 Å². The second kappa shape index (κ2) is 31.3. The molecule has 3 aliphatic carbocycles. The van der Waals surface area contributed by atoms with Crippen LogP contribution in [0.2, 0.25) is 0 Å². The number of benzene rings is 2. The zero-order valence-electron chi connectivity index (χ0n) is 35.0. The van der Waals surface area contributed by atoms with Crippen molar-refractivity contribution >= 4 is 0 Å². The van der Waals surface area contributed by atoms with Gasteiger partial charge in [0.05, 0.1) is 13.2 Å². The van der Waals surface area contributed by atoms with Gasteiger partial charge in [0, 0.05) is 13.1 Å². The van der Waals surface area contributed by atoms with E-state index in [2.05, 4.69) is 138 Å². The molecule has 2 aromatic rings. The topological polar surface area (TPSA) is 12.5 Å². The molecule has 6 rings (SSSR count). The second-order valence-electron chi connectivity index (χ2n) is 17.3. The van der Waals surface area contributed by atoms with Gasteiger partial charge in [-0.1, -0.05) is 211 Å². The molecule has 0 atom stereocenters. The molecule has 4 fully saturated rings. The monoisotopic (exact) mass is 668 g/mol. The molecule has 0 amide bonds. The summed E-state index contributed by atoms with van der Waals surface area (Å²) in [7, 11) is 2.11. The van der Waals surface area contributed by atoms with Gasteiger partial charge >= 0.3 is 0 Å². The Balaban J connectivity index is 0. The van der Waals surface area contributed by atoms with Gasteiger partial charge in [-0.2, -0.15) is 0 Å². The van der Waals surface area contributed by atoms with Crippen molar-refractivity contribution in [2.24, 2.45) is 29.1 Å². The molecule has 0 bridgehead atoms. The Kier molecular flexibility index (Phi) is 31.7. The van der Waals surface area contributed by atoms with Gasteiger partial charge in [-0.25, -0.2) is 0 Å². The molecule has 280 valence electrons. The first-order valence-corrected chi connectivity index (χ1v) is 19.8. The Morgan fingerprint density at radius 1 is 0.542 bits per heavy atom. The normalized spacial score (nSPS) is 17.6. The predicted octanol–water partition coefficient (Wildman–Crippen LogP) is 14.2. The molecule has 1 aliphatic heterocycles. The smallest absolute Gasteiger partial charge is 0.0594 e. The first-order chi connectivity index (χ1) is 22.5. The molecule has 48 heavy (non-hydrogen) atoms. The molecule has 0 radical (unpaired) electrons. The highest BCUT2D eigenvalue weighted by Crippen LogP contribution is 2.26. The van der Waals surface area contributed by atoms with Crippen LogP contribution in [0.1, 0.15) is 157 Å². The van der Waals surface area contributed by atoms with Crippen LogP contribution in [0.25, 0.3) is 0 Å². The standard InChI is InChI=1S/C8H10.C7H14.C7H8.C6H12.C5H11NO.C5H12.C4H8.C4H10/c1-7-3-5-8(2)6-4-7;2*1-7-5-3-2-4-6-7;1-6-4-2-3-5-6;1-6-2-4-7-5-3-6;1-5(2,3)4;1-4-2-3-4;1-4(2)3/h3-6H,1-2H3;7H,2-6H2,1H3;2-6H,1H3;6H,2-5H2,1H3;2-5H2,1H3;1-4H3;4H,2-3H2,1H3;4H,1-3H3. The second-order valence-corrected chi connectivity index (χ2v) is 17.3. The van der Waals surface area contributed by atoms with E-state index in [9.17, 15) is 0 Å². The number of aryl methyl sites for hydroxylation is 3. The van der Waals surface area contributed by atoms with Crippen LogP contribution >= 0.6 is 0 Å². The largest absolute Gasteiger partial charge is 0.379 e. The van der Waals surface area contributed by atoms with Gasteiger partial charge in [-0.3, -0.25) is 0 Å². The number of ether oxygens (including phenoxy) is 1. The van der Waals surface area contributed by atoms with E-state index in [0.29, 0.717) is 5.41 Å². The van der Waals surface area contributed by atoms with Gasteiger partial charge < -0.3 is 9.64 Å². The van der Waals surface area contributed by atoms with E-state index in [1.54, 1.807) is 0 Å². The summed E-state index contributed by atoms with van der Waals surface area (Å²) in [6, 6.07) is 18.7. The molecule has 0 spiro atoms. The summed E-state index contributed by atoms with van der Waals surface area (Å²) in [4.78, 5) is 2.27. The van der Waals surface area contributed by atoms with Crippen molar-refractivity contribution in [1.82, 2.24) is 4.90 Å². The average Bonchev–Trinajstić information content (AvgIpc) is 3.65. The fourth-order valence-electron chi connectivity index (χ4n) is 4.43. The average molecular weight is 668 g/mol. The van der Waals surface area contributed by atoms with Crippen molar-refractivity contribution in [3.05, 3.63) is 71.3 Å². The van der Waals surface area contributed by atoms with Gasteiger partial charge in [0.25, 0.3) is 0 Å². The van der Waals surface area contributed by atoms with Crippen LogP contribution in [0, 0.1) is 49.9 Å². The van der Waals surface area contributed by atoms with Gasteiger partial charge in [-0.05, 0) is 56.9 Å². The van der Waals surface area contributed by atoms with Crippen LogP contribution in [0.4, 0.5) is 0 Å². The van der Waals surface area contributed by atoms with Gasteiger partial charge in [-0.15, -0.1) is 0 Å². The Morgan fingerprint density at radius 2 is 0.833 bits per heavy atom. The van der Waals surface area contributed by atoms with Crippen molar-refractivity contribution in [2.75, 3.05) is 33.4 Å². The third-order valence-electron chi connectivity index (χ3n) is 7.80. The number of hydrogen-bond acceptors (Lipinski definition) is 2. The van der Waals surface area contributed by atoms with E-state index in [-0.39, 0.29) is 0 Å². The zero-order valence-corrected chi connectivity index (χ0v) is 35.0. The molecule has 4 aliphatic rings. The lowest BCUT2D eigenvalue weighted by atomic mass is 9.91. The van der Waals surface area contributed by atoms with Crippen molar-refractivity contribution in [1.29, 1.82) is 0 Å². The van der Waals surface area contributed by atoms with Crippen LogP contribution in [0.3, 0.4) is 0 Å². The third-order valence-corrected chi connectivity index (χ3v) is 7.80. The highest BCUT2D eigenvalue weighted by Gasteiger charge is 2.12. The maximum Gasteiger partial charge on any atom is 0.0594 e. The molecule has 1 heterocycles. The van der Waals surface area contributed by atoms with E-state index >= 15 is 0 Å². The van der Waals surface area contributed by atoms with Gasteiger partial charge in [0.15, 0.2) is 0 Å². The first kappa shape index (κ1) is 48.5. The SMILES string of the molecule is CC(C)(C)C.CC(C)C.CC1CC1.CC1CCCC1.CC1CCCCC1.CN1CCOCC1.Cc1ccc(C)cc1.Cc1ccccc1. The molecule has 0 aromatic heterocycles. The van der Waals surface area contributed by atoms with Crippen LogP contribution in [0.5, 0.6) is 0 Å². The maximum atomic E-state index is 5.10. The molecule has 2 heteroatoms. The van der Waals surface area contributed by atoms with Crippen molar-refractivity contribution in [3.8, 4) is 0 Å². The Morgan fingerprint density at radius 3 is 1.00 bits per heavy atom. The fourth-order valence-corrected chi connectivity index (χ4v) is 4.43. The van der Waals surface area contributed by atoms with E-state index in [4.69, 9.17) is 4.74 Å². The van der Waals surface area contributed by atoms with Crippen molar-refractivity contribution in [3.63, 3.8) is 0 Å². The summed E-state index contributed by atoms with van der Waals surface area (Å²) in [6.07, 6.45) is 16.4. The van der Waals surface area contributed by atoms with E-state index in [1.165, 1.54) is 87.3 Å². The molecule has 0 unspecified atom stereocenters. The van der Waals surface area contributed by atoms with E-state index in [1.807, 2.05) is 18.2 Å². The lowest BCUT2D eigenvalue weighted by Crippen LogP contribution is -2.32. The van der Waals surface area contributed by atoms with E-state index in [0.717, 1.165) is 50.0 Å². The number of hydrogen-bond donors (Lipinski definition) is 0. The van der Waals surface area contributed by atoms with Crippen molar-refractivity contribution < 1.29 is 4.74 Å². The summed E-state index contributed by atoms with van der Waals surface area (Å²) in [5.41, 5.74) is 4.48. The summed E-state index contributed by atoms with van der Waals surface area (Å²) in [5, 5.41) is 0. The quantitative estimate of drug-likeness (QED) is 0.277. The molecular formula is C46H85NO. The fraction of sp³-hybridized carbons (Fsp3) is 0.739. The lowest BCUT2D eigenvalue weighted by Gasteiger charge is -2.21. The number of morpholine rings is 1. The van der Waals surface area contributed by atoms with Gasteiger partial charge in [0.2, 0.25) is 0 Å². The zero-order chi connectivity index (χ0) is 36.8. The predicted molar refractivity (Wildman–Crippen MR) is 219 cm³/mol. The highest BCUT2D eigenvalue weighted by molar-refractivity contribution is 5.19. The van der Waals surface area contributed by atoms with Crippen LogP contribution in [-0.2, 0) is 4.74 Å².